The molecule has 6 aliphatic rings. The second kappa shape index (κ2) is 8.41. The summed E-state index contributed by atoms with van der Waals surface area (Å²) in [6.07, 6.45) is 10.0. The van der Waals surface area contributed by atoms with Gasteiger partial charge < -0.3 is 10.4 Å². The molecule has 0 aromatic rings. The summed E-state index contributed by atoms with van der Waals surface area (Å²) in [5.74, 6) is -0.0540. The van der Waals surface area contributed by atoms with E-state index in [2.05, 4.69) is 33.0 Å². The number of imide groups is 1. The van der Waals surface area contributed by atoms with E-state index in [4.69, 9.17) is 0 Å². The van der Waals surface area contributed by atoms with E-state index in [1.807, 2.05) is 6.08 Å². The average molecular weight is 525 g/mol. The summed E-state index contributed by atoms with van der Waals surface area (Å²) in [5, 5.41) is 12.6. The van der Waals surface area contributed by atoms with Crippen LogP contribution in [-0.2, 0) is 14.4 Å². The van der Waals surface area contributed by atoms with Gasteiger partial charge in [0.2, 0.25) is 0 Å². The van der Waals surface area contributed by atoms with Crippen molar-refractivity contribution >= 4 is 23.7 Å². The van der Waals surface area contributed by atoms with Crippen molar-refractivity contribution in [3.8, 4) is 0 Å². The molecule has 10 unspecified atom stereocenters. The summed E-state index contributed by atoms with van der Waals surface area (Å²) in [4.78, 5) is 53.1. The Labute approximate surface area is 226 Å². The molecule has 11 atom stereocenters. The fraction of sp³-hybridized carbons (Fsp3) is 0.806. The number of carboxylic acid groups (broad SMARTS) is 1. The summed E-state index contributed by atoms with van der Waals surface area (Å²) in [6.45, 7) is 10.9. The SMILES string of the molecule is CC1NC(=O)N(C2CCC3(C)C(CC[C@@]4(C)C5CCC6(C)CCC(C(=O)O)CC6C5=CC(=O)C34)C2C)C1=O. The van der Waals surface area contributed by atoms with Crippen LogP contribution in [0.25, 0.3) is 0 Å². The molecule has 208 valence electrons. The maximum atomic E-state index is 14.2. The minimum atomic E-state index is -0.695. The Balaban J connectivity index is 1.33. The Morgan fingerprint density at radius 3 is 2.29 bits per heavy atom. The van der Waals surface area contributed by atoms with Gasteiger partial charge >= 0.3 is 12.0 Å². The van der Waals surface area contributed by atoms with Crippen LogP contribution in [0.1, 0.15) is 92.4 Å². The number of amides is 3. The van der Waals surface area contributed by atoms with Crippen molar-refractivity contribution in [3.05, 3.63) is 11.6 Å². The number of carbonyl (C=O) groups excluding carboxylic acids is 3. The Kier molecular flexibility index (Phi) is 5.77. The summed E-state index contributed by atoms with van der Waals surface area (Å²) >= 11 is 0. The summed E-state index contributed by atoms with van der Waals surface area (Å²) in [6, 6.07) is -0.869. The normalized spacial score (nSPS) is 50.3. The maximum Gasteiger partial charge on any atom is 0.325 e. The smallest absolute Gasteiger partial charge is 0.325 e. The third kappa shape index (κ3) is 3.38. The van der Waals surface area contributed by atoms with Gasteiger partial charge in [-0.1, -0.05) is 33.3 Å². The van der Waals surface area contributed by atoms with Gasteiger partial charge in [0.15, 0.2) is 5.78 Å². The van der Waals surface area contributed by atoms with Crippen LogP contribution in [0.5, 0.6) is 0 Å². The first kappa shape index (κ1) is 26.1. The van der Waals surface area contributed by atoms with E-state index in [0.29, 0.717) is 12.3 Å². The highest BCUT2D eigenvalue weighted by atomic mass is 16.4. The predicted molar refractivity (Wildman–Crippen MR) is 142 cm³/mol. The molecule has 0 aromatic carbocycles. The van der Waals surface area contributed by atoms with Crippen molar-refractivity contribution in [3.63, 3.8) is 0 Å². The highest BCUT2D eigenvalue weighted by Gasteiger charge is 2.65. The van der Waals surface area contributed by atoms with Crippen molar-refractivity contribution in [2.24, 2.45) is 51.8 Å². The van der Waals surface area contributed by atoms with Crippen LogP contribution in [0.4, 0.5) is 4.79 Å². The van der Waals surface area contributed by atoms with E-state index < -0.39 is 12.0 Å². The lowest BCUT2D eigenvalue weighted by molar-refractivity contribution is -0.166. The highest BCUT2D eigenvalue weighted by molar-refractivity contribution is 6.04. The molecule has 7 heteroatoms. The number of fused-ring (bicyclic) bond motifs is 7. The molecule has 0 spiro atoms. The van der Waals surface area contributed by atoms with Crippen LogP contribution in [0, 0.1) is 51.8 Å². The van der Waals surface area contributed by atoms with Gasteiger partial charge in [0.25, 0.3) is 5.91 Å². The molecule has 6 rings (SSSR count). The van der Waals surface area contributed by atoms with Crippen molar-refractivity contribution in [2.75, 3.05) is 0 Å². The molecule has 3 amide bonds. The van der Waals surface area contributed by atoms with Crippen molar-refractivity contribution < 1.29 is 24.3 Å². The third-order valence-corrected chi connectivity index (χ3v) is 12.9. The number of ketones is 1. The van der Waals surface area contributed by atoms with Gasteiger partial charge in [-0.05, 0) is 111 Å². The molecule has 0 radical (unpaired) electrons. The quantitative estimate of drug-likeness (QED) is 0.484. The fourth-order valence-electron chi connectivity index (χ4n) is 10.9. The molecule has 1 heterocycles. The lowest BCUT2D eigenvalue weighted by atomic mass is 9.38. The number of carboxylic acids is 1. The summed E-state index contributed by atoms with van der Waals surface area (Å²) < 4.78 is 0. The lowest BCUT2D eigenvalue weighted by Gasteiger charge is -2.65. The monoisotopic (exact) mass is 524 g/mol. The van der Waals surface area contributed by atoms with Gasteiger partial charge in [-0.25, -0.2) is 4.79 Å². The topological polar surface area (TPSA) is 104 Å². The molecule has 4 saturated carbocycles. The van der Waals surface area contributed by atoms with Crippen LogP contribution >= 0.6 is 0 Å². The Morgan fingerprint density at radius 2 is 1.63 bits per heavy atom. The molecule has 7 nitrogen and oxygen atoms in total. The zero-order valence-electron chi connectivity index (χ0n) is 23.6. The molecule has 38 heavy (non-hydrogen) atoms. The Bertz CT molecular complexity index is 1130. The number of nitrogens with zero attached hydrogens (tertiary/aromatic N) is 1. The van der Waals surface area contributed by atoms with Crippen LogP contribution in [0.2, 0.25) is 0 Å². The molecule has 5 aliphatic carbocycles. The van der Waals surface area contributed by atoms with Crippen LogP contribution < -0.4 is 5.32 Å². The number of hydrogen-bond acceptors (Lipinski definition) is 4. The Hall–Kier alpha value is -2.18. The number of urea groups is 1. The average Bonchev–Trinajstić information content (AvgIpc) is 3.09. The van der Waals surface area contributed by atoms with Crippen molar-refractivity contribution in [1.29, 1.82) is 0 Å². The number of aliphatic carboxylic acids is 1. The van der Waals surface area contributed by atoms with Gasteiger partial charge in [-0.2, -0.15) is 0 Å². The van der Waals surface area contributed by atoms with E-state index >= 15 is 0 Å². The zero-order valence-corrected chi connectivity index (χ0v) is 23.6. The molecule has 2 N–H and O–H groups in total. The fourth-order valence-corrected chi connectivity index (χ4v) is 10.9. The molecule has 0 bridgehead atoms. The van der Waals surface area contributed by atoms with E-state index in [1.54, 1.807) is 6.92 Å². The van der Waals surface area contributed by atoms with Gasteiger partial charge in [-0.15, -0.1) is 0 Å². The van der Waals surface area contributed by atoms with Gasteiger partial charge in [0.1, 0.15) is 6.04 Å². The molecule has 5 fully saturated rings. The predicted octanol–water partition coefficient (Wildman–Crippen LogP) is 5.19. The molecule has 1 aliphatic heterocycles. The maximum absolute atomic E-state index is 14.2. The van der Waals surface area contributed by atoms with Crippen LogP contribution in [-0.4, -0.2) is 45.8 Å². The first-order chi connectivity index (χ1) is 17.8. The first-order valence-corrected chi connectivity index (χ1v) is 14.9. The van der Waals surface area contributed by atoms with Crippen molar-refractivity contribution in [1.82, 2.24) is 10.2 Å². The van der Waals surface area contributed by atoms with Crippen molar-refractivity contribution in [2.45, 2.75) is 104 Å². The van der Waals surface area contributed by atoms with E-state index in [-0.39, 0.29) is 69.6 Å². The van der Waals surface area contributed by atoms with E-state index in [1.165, 1.54) is 10.5 Å². The highest BCUT2D eigenvalue weighted by Crippen LogP contribution is 2.69. The number of carbonyl (C=O) groups is 4. The first-order valence-electron chi connectivity index (χ1n) is 14.9. The largest absolute Gasteiger partial charge is 0.481 e. The van der Waals surface area contributed by atoms with Gasteiger partial charge in [-0.3, -0.25) is 19.3 Å². The minimum Gasteiger partial charge on any atom is -0.481 e. The van der Waals surface area contributed by atoms with E-state index in [0.717, 1.165) is 51.4 Å². The minimum absolute atomic E-state index is 0.0730. The van der Waals surface area contributed by atoms with E-state index in [9.17, 15) is 24.3 Å². The van der Waals surface area contributed by atoms with Gasteiger partial charge in [0.05, 0.1) is 5.92 Å². The number of rotatable bonds is 2. The Morgan fingerprint density at radius 1 is 0.947 bits per heavy atom. The number of nitrogens with one attached hydrogen (secondary N) is 1. The lowest BCUT2D eigenvalue weighted by Crippen LogP contribution is -2.63. The third-order valence-electron chi connectivity index (χ3n) is 12.9. The molecular formula is C31H44N2O5. The second-order valence-electron chi connectivity index (χ2n) is 14.6. The molecular weight excluding hydrogens is 480 g/mol. The standard InChI is InChI=1S/C31H44N2O5/c1-16-20-8-12-31(5)21-7-11-29(3)10-6-18(27(36)37)14-22(29)19(21)15-24(34)25(31)30(20,4)13-9-23(16)33-26(35)17(2)32-28(33)38/h15-18,20-23,25H,6-14H2,1-5H3,(H,32,38)(H,36,37)/t16?,17?,18?,20?,21?,22?,23?,25?,29?,30?,31-/m0/s1. The summed E-state index contributed by atoms with van der Waals surface area (Å²) in [5.41, 5.74) is 1.03. The van der Waals surface area contributed by atoms with Gasteiger partial charge in [0, 0.05) is 12.0 Å². The van der Waals surface area contributed by atoms with Crippen LogP contribution in [0.15, 0.2) is 11.6 Å². The molecule has 1 saturated heterocycles. The number of hydrogen-bond donors (Lipinski definition) is 2. The summed E-state index contributed by atoms with van der Waals surface area (Å²) in [7, 11) is 0. The zero-order chi connectivity index (χ0) is 27.4. The van der Waals surface area contributed by atoms with Crippen LogP contribution in [0.3, 0.4) is 0 Å². The second-order valence-corrected chi connectivity index (χ2v) is 14.6. The molecule has 0 aromatic heterocycles. The number of allylic oxidation sites excluding steroid dienone is 2.